The molecule has 23 heavy (non-hydrogen) atoms. The average molecular weight is 333 g/mol. The molecule has 7 nitrogen and oxygen atoms in total. The Balaban J connectivity index is 1.61. The summed E-state index contributed by atoms with van der Waals surface area (Å²) in [6, 6.07) is 7.36. The summed E-state index contributed by atoms with van der Waals surface area (Å²) < 4.78 is 31.3. The molecular weight excluding hydrogens is 318 g/mol. The molecule has 0 atom stereocenters. The number of nitrogens with zero attached hydrogens (tertiary/aromatic N) is 2. The number of hydrogen-bond acceptors (Lipinski definition) is 5. The van der Waals surface area contributed by atoms with Crippen molar-refractivity contribution in [2.45, 2.75) is 30.7 Å². The van der Waals surface area contributed by atoms with E-state index in [4.69, 9.17) is 4.52 Å². The van der Waals surface area contributed by atoms with Gasteiger partial charge in [-0.3, -0.25) is 0 Å². The minimum atomic E-state index is -3.89. The summed E-state index contributed by atoms with van der Waals surface area (Å²) in [5, 5.41) is 6.47. The van der Waals surface area contributed by atoms with Gasteiger partial charge in [-0.05, 0) is 30.9 Å². The molecular formula is C15H15N3O4S. The van der Waals surface area contributed by atoms with Crippen molar-refractivity contribution in [3.63, 3.8) is 0 Å². The monoisotopic (exact) mass is 333 g/mol. The summed E-state index contributed by atoms with van der Waals surface area (Å²) >= 11 is 0. The summed E-state index contributed by atoms with van der Waals surface area (Å²) in [4.78, 5) is 12.2. The molecule has 2 amide bonds. The highest BCUT2D eigenvalue weighted by Gasteiger charge is 2.37. The Morgan fingerprint density at radius 3 is 2.87 bits per heavy atom. The van der Waals surface area contributed by atoms with Crippen molar-refractivity contribution in [1.82, 2.24) is 9.46 Å². The first kappa shape index (κ1) is 14.3. The number of carbonyl (C=O) groups excluding carboxylic acids is 1. The zero-order valence-electron chi connectivity index (χ0n) is 12.2. The molecule has 0 spiro atoms. The van der Waals surface area contributed by atoms with Crippen LogP contribution in [0.15, 0.2) is 39.8 Å². The maximum absolute atomic E-state index is 12.6. The van der Waals surface area contributed by atoms with E-state index in [9.17, 15) is 13.2 Å². The number of nitrogens with one attached hydrogen (secondary N) is 1. The fourth-order valence-corrected chi connectivity index (χ4v) is 4.09. The summed E-state index contributed by atoms with van der Waals surface area (Å²) in [7, 11) is -3.89. The van der Waals surface area contributed by atoms with Crippen LogP contribution in [-0.4, -0.2) is 23.9 Å². The topological polar surface area (TPSA) is 92.5 Å². The molecule has 120 valence electrons. The second kappa shape index (κ2) is 5.09. The van der Waals surface area contributed by atoms with Crippen LogP contribution < -0.4 is 5.32 Å². The lowest BCUT2D eigenvalue weighted by atomic mass is 10.2. The minimum absolute atomic E-state index is 0.0845. The largest absolute Gasteiger partial charge is 0.361 e. The molecule has 1 aromatic heterocycles. The van der Waals surface area contributed by atoms with E-state index >= 15 is 0 Å². The van der Waals surface area contributed by atoms with Crippen LogP contribution >= 0.6 is 0 Å². The normalized spacial score (nSPS) is 19.3. The SMILES string of the molecule is O=C1Nc2ccccc2S(=O)(=O)N1Cc1cc(CC2CC2)on1. The molecule has 1 aliphatic carbocycles. The van der Waals surface area contributed by atoms with Crippen molar-refractivity contribution in [3.8, 4) is 0 Å². The standard InChI is InChI=1S/C15H15N3O4S/c19-15-16-13-3-1-2-4-14(13)23(20,21)18(15)9-11-8-12(22-17-11)7-10-5-6-10/h1-4,8,10H,5-7,9H2,(H,16,19). The molecule has 1 aliphatic heterocycles. The number of hydrogen-bond donors (Lipinski definition) is 1. The van der Waals surface area contributed by atoms with E-state index in [1.165, 1.54) is 18.9 Å². The Morgan fingerprint density at radius 1 is 1.30 bits per heavy atom. The maximum atomic E-state index is 12.6. The van der Waals surface area contributed by atoms with Gasteiger partial charge in [-0.15, -0.1) is 0 Å². The van der Waals surface area contributed by atoms with E-state index in [2.05, 4.69) is 10.5 Å². The van der Waals surface area contributed by atoms with E-state index in [0.29, 0.717) is 17.3 Å². The molecule has 0 bridgehead atoms. The molecule has 8 heteroatoms. The van der Waals surface area contributed by atoms with Crippen LogP contribution in [0.25, 0.3) is 0 Å². The predicted octanol–water partition coefficient (Wildman–Crippen LogP) is 2.36. The maximum Gasteiger partial charge on any atom is 0.336 e. The second-order valence-corrected chi connectivity index (χ2v) is 7.70. The number of urea groups is 1. The fourth-order valence-electron chi connectivity index (χ4n) is 2.64. The van der Waals surface area contributed by atoms with Crippen LogP contribution in [-0.2, 0) is 23.0 Å². The van der Waals surface area contributed by atoms with Crippen LogP contribution in [0.5, 0.6) is 0 Å². The number of anilines is 1. The van der Waals surface area contributed by atoms with Gasteiger partial charge in [0.1, 0.15) is 16.3 Å². The highest BCUT2D eigenvalue weighted by atomic mass is 32.2. The van der Waals surface area contributed by atoms with Crippen molar-refractivity contribution in [2.75, 3.05) is 5.32 Å². The van der Waals surface area contributed by atoms with Crippen molar-refractivity contribution in [2.24, 2.45) is 5.92 Å². The fraction of sp³-hybridized carbons (Fsp3) is 0.333. The van der Waals surface area contributed by atoms with E-state index in [1.807, 2.05) is 0 Å². The third-order valence-electron chi connectivity index (χ3n) is 4.02. The Labute approximate surface area is 133 Å². The molecule has 1 saturated carbocycles. The summed E-state index contributed by atoms with van der Waals surface area (Å²) in [6.07, 6.45) is 3.19. The number of rotatable bonds is 4. The molecule has 1 fully saturated rings. The molecule has 0 saturated heterocycles. The van der Waals surface area contributed by atoms with Gasteiger partial charge in [-0.25, -0.2) is 17.5 Å². The van der Waals surface area contributed by atoms with Crippen molar-refractivity contribution < 1.29 is 17.7 Å². The Hall–Kier alpha value is -2.35. The van der Waals surface area contributed by atoms with Crippen LogP contribution in [0.2, 0.25) is 0 Å². The molecule has 0 radical (unpaired) electrons. The van der Waals surface area contributed by atoms with Crippen LogP contribution in [0, 0.1) is 5.92 Å². The molecule has 1 N–H and O–H groups in total. The van der Waals surface area contributed by atoms with Crippen molar-refractivity contribution in [3.05, 3.63) is 41.8 Å². The number of para-hydroxylation sites is 1. The van der Waals surface area contributed by atoms with E-state index in [-0.39, 0.29) is 11.4 Å². The molecule has 4 rings (SSSR count). The van der Waals surface area contributed by atoms with E-state index in [0.717, 1.165) is 16.5 Å². The molecule has 2 aromatic rings. The number of sulfonamides is 1. The lowest BCUT2D eigenvalue weighted by molar-refractivity contribution is 0.232. The number of carbonyl (C=O) groups is 1. The first-order valence-electron chi connectivity index (χ1n) is 7.41. The van der Waals surface area contributed by atoms with E-state index < -0.39 is 16.1 Å². The number of benzene rings is 1. The first-order valence-corrected chi connectivity index (χ1v) is 8.85. The van der Waals surface area contributed by atoms with Gasteiger partial charge in [0.25, 0.3) is 10.0 Å². The highest BCUT2D eigenvalue weighted by molar-refractivity contribution is 7.90. The Morgan fingerprint density at radius 2 is 2.09 bits per heavy atom. The van der Waals surface area contributed by atoms with Crippen molar-refractivity contribution in [1.29, 1.82) is 0 Å². The molecule has 2 aliphatic rings. The zero-order chi connectivity index (χ0) is 16.0. The quantitative estimate of drug-likeness (QED) is 0.927. The van der Waals surface area contributed by atoms with Gasteiger partial charge in [0.05, 0.1) is 12.2 Å². The van der Waals surface area contributed by atoms with Gasteiger partial charge in [-0.1, -0.05) is 17.3 Å². The smallest absolute Gasteiger partial charge is 0.336 e. The van der Waals surface area contributed by atoms with Crippen LogP contribution in [0.1, 0.15) is 24.3 Å². The van der Waals surface area contributed by atoms with Gasteiger partial charge in [-0.2, -0.15) is 0 Å². The molecule has 2 heterocycles. The molecule has 1 aromatic carbocycles. The van der Waals surface area contributed by atoms with Gasteiger partial charge in [0.2, 0.25) is 0 Å². The van der Waals surface area contributed by atoms with Crippen LogP contribution in [0.3, 0.4) is 0 Å². The minimum Gasteiger partial charge on any atom is -0.361 e. The third kappa shape index (κ3) is 2.59. The van der Waals surface area contributed by atoms with Crippen molar-refractivity contribution >= 4 is 21.7 Å². The molecule has 0 unspecified atom stereocenters. The van der Waals surface area contributed by atoms with Gasteiger partial charge < -0.3 is 9.84 Å². The van der Waals surface area contributed by atoms with Gasteiger partial charge >= 0.3 is 6.03 Å². The van der Waals surface area contributed by atoms with Crippen LogP contribution in [0.4, 0.5) is 10.5 Å². The summed E-state index contributed by atoms with van der Waals surface area (Å²) in [5.41, 5.74) is 0.724. The van der Waals surface area contributed by atoms with E-state index in [1.54, 1.807) is 24.3 Å². The summed E-state index contributed by atoms with van der Waals surface area (Å²) in [6.45, 7) is -0.142. The average Bonchev–Trinajstić information content (AvgIpc) is 3.21. The zero-order valence-corrected chi connectivity index (χ0v) is 13.0. The number of amides is 2. The second-order valence-electron chi connectivity index (χ2n) is 5.87. The van der Waals surface area contributed by atoms with Gasteiger partial charge in [0.15, 0.2) is 0 Å². The number of aromatic nitrogens is 1. The Bertz CT molecular complexity index is 870. The number of fused-ring (bicyclic) bond motifs is 1. The third-order valence-corrected chi connectivity index (χ3v) is 5.81. The highest BCUT2D eigenvalue weighted by Crippen LogP contribution is 2.33. The lowest BCUT2D eigenvalue weighted by Gasteiger charge is -2.27. The van der Waals surface area contributed by atoms with Gasteiger partial charge in [0, 0.05) is 12.5 Å². The summed E-state index contributed by atoms with van der Waals surface area (Å²) in [5.74, 6) is 1.38. The Kier molecular flexibility index (Phi) is 3.15. The predicted molar refractivity (Wildman–Crippen MR) is 81.1 cm³/mol. The lowest BCUT2D eigenvalue weighted by Crippen LogP contribution is -2.43. The first-order chi connectivity index (χ1) is 11.0.